The van der Waals surface area contributed by atoms with Gasteiger partial charge in [0.25, 0.3) is 0 Å². The van der Waals surface area contributed by atoms with Crippen LogP contribution >= 0.6 is 0 Å². The summed E-state index contributed by atoms with van der Waals surface area (Å²) in [7, 11) is 0. The van der Waals surface area contributed by atoms with Gasteiger partial charge in [0.1, 0.15) is 6.17 Å². The number of aromatic amines is 1. The minimum absolute atomic E-state index is 0.282. The fourth-order valence-electron chi connectivity index (χ4n) is 2.41. The Morgan fingerprint density at radius 3 is 3.06 bits per heavy atom. The average Bonchev–Trinajstić information content (AvgIpc) is 2.85. The molecule has 1 aromatic heterocycles. The number of hydrogen-bond donors (Lipinski definition) is 3. The predicted molar refractivity (Wildman–Crippen MR) is 64.9 cm³/mol. The molecule has 1 aromatic rings. The van der Waals surface area contributed by atoms with Crippen LogP contribution in [0.5, 0.6) is 0 Å². The smallest absolute Gasteiger partial charge is 0.410 e. The minimum Gasteiger partial charge on any atom is -0.465 e. The number of hydrogen-bond acceptors (Lipinski definition) is 4. The van der Waals surface area contributed by atoms with Crippen LogP contribution in [0.3, 0.4) is 0 Å². The first-order chi connectivity index (χ1) is 8.50. The largest absolute Gasteiger partial charge is 0.465 e. The molecule has 1 saturated carbocycles. The molecule has 7 nitrogen and oxygen atoms in total. The Hall–Kier alpha value is -1.76. The summed E-state index contributed by atoms with van der Waals surface area (Å²) in [5.74, 6) is 0.785. The number of aromatic nitrogens is 2. The first kappa shape index (κ1) is 11.3. The first-order valence-corrected chi connectivity index (χ1v) is 6.04. The van der Waals surface area contributed by atoms with Crippen molar-refractivity contribution in [3.05, 3.63) is 11.8 Å². The van der Waals surface area contributed by atoms with Crippen molar-refractivity contribution in [1.82, 2.24) is 15.1 Å². The summed E-state index contributed by atoms with van der Waals surface area (Å²) < 4.78 is 0. The highest BCUT2D eigenvalue weighted by Crippen LogP contribution is 2.47. The fourth-order valence-corrected chi connectivity index (χ4v) is 2.41. The molecule has 7 heteroatoms. The molecule has 1 fully saturated rings. The first-order valence-electron chi connectivity index (χ1n) is 6.04. The average molecular weight is 251 g/mol. The Morgan fingerprint density at radius 2 is 2.44 bits per heavy atom. The van der Waals surface area contributed by atoms with Crippen molar-refractivity contribution in [2.75, 3.05) is 18.1 Å². The second-order valence-corrected chi connectivity index (χ2v) is 5.51. The number of anilines is 1. The third kappa shape index (κ3) is 1.71. The second kappa shape index (κ2) is 3.61. The number of H-pyrrole nitrogens is 1. The van der Waals surface area contributed by atoms with Gasteiger partial charge in [0.2, 0.25) is 0 Å². The summed E-state index contributed by atoms with van der Waals surface area (Å²) in [6.07, 6.45) is 2.40. The molecular weight excluding hydrogens is 234 g/mol. The molecule has 2 heterocycles. The monoisotopic (exact) mass is 251 g/mol. The Labute approximate surface area is 105 Å². The van der Waals surface area contributed by atoms with E-state index in [2.05, 4.69) is 17.1 Å². The maximum atomic E-state index is 11.2. The van der Waals surface area contributed by atoms with E-state index in [-0.39, 0.29) is 6.67 Å². The highest BCUT2D eigenvalue weighted by molar-refractivity contribution is 5.68. The third-order valence-corrected chi connectivity index (χ3v) is 3.85. The molecule has 0 aromatic carbocycles. The van der Waals surface area contributed by atoms with E-state index in [9.17, 15) is 9.90 Å². The van der Waals surface area contributed by atoms with Crippen LogP contribution in [0.25, 0.3) is 0 Å². The van der Waals surface area contributed by atoms with Crippen molar-refractivity contribution < 1.29 is 9.90 Å². The van der Waals surface area contributed by atoms with Gasteiger partial charge in [-0.3, -0.25) is 10.00 Å². The van der Waals surface area contributed by atoms with Gasteiger partial charge in [-0.05, 0) is 18.3 Å². The summed E-state index contributed by atoms with van der Waals surface area (Å²) in [5, 5.41) is 16.2. The highest BCUT2D eigenvalue weighted by atomic mass is 16.4. The van der Waals surface area contributed by atoms with E-state index < -0.39 is 12.3 Å². The van der Waals surface area contributed by atoms with Crippen molar-refractivity contribution in [3.63, 3.8) is 0 Å². The lowest BCUT2D eigenvalue weighted by molar-refractivity contribution is 0.120. The normalized spacial score (nSPS) is 24.9. The summed E-state index contributed by atoms with van der Waals surface area (Å²) in [5.41, 5.74) is 6.97. The van der Waals surface area contributed by atoms with Crippen LogP contribution in [0, 0.1) is 5.41 Å². The van der Waals surface area contributed by atoms with Gasteiger partial charge in [0, 0.05) is 12.7 Å². The standard InChI is InChI=1S/C11H17N5O2/c1-11(2-3-11)5-15-6-16(10(17)18)8(12)7-4-13-14-9(7)15/h4,8H,2-3,5-6,12H2,1H3,(H,13,14)(H,17,18). The van der Waals surface area contributed by atoms with Crippen molar-refractivity contribution >= 4 is 11.9 Å². The van der Waals surface area contributed by atoms with Crippen LogP contribution in [-0.4, -0.2) is 39.5 Å². The van der Waals surface area contributed by atoms with Gasteiger partial charge in [-0.2, -0.15) is 5.10 Å². The van der Waals surface area contributed by atoms with Crippen LogP contribution in [0.15, 0.2) is 6.20 Å². The lowest BCUT2D eigenvalue weighted by Gasteiger charge is -2.39. The molecule has 0 spiro atoms. The molecule has 4 N–H and O–H groups in total. The number of rotatable bonds is 2. The SMILES string of the molecule is CC1(CN2CN(C(=O)O)C(N)c3c[nH]nc32)CC1. The Bertz CT molecular complexity index is 482. The molecule has 0 bridgehead atoms. The number of nitrogens with zero attached hydrogens (tertiary/aromatic N) is 3. The number of amides is 1. The highest BCUT2D eigenvalue weighted by Gasteiger charge is 2.42. The molecule has 1 aliphatic carbocycles. The van der Waals surface area contributed by atoms with Crippen LogP contribution in [0.1, 0.15) is 31.5 Å². The summed E-state index contributed by atoms with van der Waals surface area (Å²) in [4.78, 5) is 14.4. The van der Waals surface area contributed by atoms with Crippen molar-refractivity contribution in [2.24, 2.45) is 11.1 Å². The molecule has 1 unspecified atom stereocenters. The lowest BCUT2D eigenvalue weighted by Crippen LogP contribution is -2.51. The Morgan fingerprint density at radius 1 is 1.72 bits per heavy atom. The van der Waals surface area contributed by atoms with Gasteiger partial charge < -0.3 is 15.7 Å². The van der Waals surface area contributed by atoms with E-state index in [1.807, 2.05) is 4.90 Å². The number of fused-ring (bicyclic) bond motifs is 1. The summed E-state index contributed by atoms with van der Waals surface area (Å²) in [6, 6.07) is 0. The predicted octanol–water partition coefficient (Wildman–Crippen LogP) is 0.925. The third-order valence-electron chi connectivity index (χ3n) is 3.85. The summed E-state index contributed by atoms with van der Waals surface area (Å²) >= 11 is 0. The number of carbonyl (C=O) groups is 1. The van der Waals surface area contributed by atoms with E-state index in [1.165, 1.54) is 17.7 Å². The molecule has 98 valence electrons. The van der Waals surface area contributed by atoms with Gasteiger partial charge in [-0.1, -0.05) is 6.92 Å². The fraction of sp³-hybridized carbons (Fsp3) is 0.636. The van der Waals surface area contributed by atoms with Crippen LogP contribution in [-0.2, 0) is 0 Å². The quantitative estimate of drug-likeness (QED) is 0.726. The van der Waals surface area contributed by atoms with Crippen LogP contribution < -0.4 is 10.6 Å². The van der Waals surface area contributed by atoms with Gasteiger partial charge in [0.05, 0.1) is 12.2 Å². The molecule has 0 radical (unpaired) electrons. The molecular formula is C11H17N5O2. The summed E-state index contributed by atoms with van der Waals surface area (Å²) in [6.45, 7) is 3.31. The molecule has 1 aliphatic heterocycles. The van der Waals surface area contributed by atoms with E-state index in [0.29, 0.717) is 5.41 Å². The topological polar surface area (TPSA) is 98.5 Å². The van der Waals surface area contributed by atoms with Crippen molar-refractivity contribution in [1.29, 1.82) is 0 Å². The van der Waals surface area contributed by atoms with E-state index in [1.54, 1.807) is 6.20 Å². The van der Waals surface area contributed by atoms with Gasteiger partial charge in [0.15, 0.2) is 5.82 Å². The molecule has 1 atom stereocenters. The zero-order chi connectivity index (χ0) is 12.9. The number of nitrogens with two attached hydrogens (primary N) is 1. The Balaban J connectivity index is 1.90. The van der Waals surface area contributed by atoms with E-state index in [4.69, 9.17) is 5.73 Å². The van der Waals surface area contributed by atoms with Gasteiger partial charge >= 0.3 is 6.09 Å². The van der Waals surface area contributed by atoms with Crippen molar-refractivity contribution in [2.45, 2.75) is 25.9 Å². The second-order valence-electron chi connectivity index (χ2n) is 5.51. The molecule has 0 saturated heterocycles. The number of nitrogens with one attached hydrogen (secondary N) is 1. The molecule has 3 rings (SSSR count). The van der Waals surface area contributed by atoms with Crippen molar-refractivity contribution in [3.8, 4) is 0 Å². The van der Waals surface area contributed by atoms with Gasteiger partial charge in [-0.15, -0.1) is 0 Å². The zero-order valence-electron chi connectivity index (χ0n) is 10.3. The number of carboxylic acid groups (broad SMARTS) is 1. The Kier molecular flexibility index (Phi) is 2.28. The zero-order valence-corrected chi connectivity index (χ0v) is 10.3. The lowest BCUT2D eigenvalue weighted by atomic mass is 10.1. The minimum atomic E-state index is -1.000. The molecule has 2 aliphatic rings. The molecule has 18 heavy (non-hydrogen) atoms. The maximum absolute atomic E-state index is 11.2. The molecule has 1 amide bonds. The van der Waals surface area contributed by atoms with Gasteiger partial charge in [-0.25, -0.2) is 4.79 Å². The van der Waals surface area contributed by atoms with Crippen LogP contribution in [0.4, 0.5) is 10.6 Å². The maximum Gasteiger partial charge on any atom is 0.410 e. The van der Waals surface area contributed by atoms with E-state index in [0.717, 1.165) is 17.9 Å². The van der Waals surface area contributed by atoms with Crippen LogP contribution in [0.2, 0.25) is 0 Å². The van der Waals surface area contributed by atoms with E-state index >= 15 is 0 Å².